The van der Waals surface area contributed by atoms with E-state index in [0.717, 1.165) is 36.2 Å². The van der Waals surface area contributed by atoms with E-state index in [-0.39, 0.29) is 22.9 Å². The number of ether oxygens (including phenoxy) is 3. The van der Waals surface area contributed by atoms with Gasteiger partial charge in [0.05, 0.1) is 19.3 Å². The van der Waals surface area contributed by atoms with E-state index in [4.69, 9.17) is 14.2 Å². The number of benzene rings is 1. The van der Waals surface area contributed by atoms with E-state index >= 15 is 0 Å². The van der Waals surface area contributed by atoms with Crippen molar-refractivity contribution in [3.63, 3.8) is 0 Å². The molecule has 35 heavy (non-hydrogen) atoms. The summed E-state index contributed by atoms with van der Waals surface area (Å²) in [7, 11) is 1.12. The van der Waals surface area contributed by atoms with Gasteiger partial charge >= 0.3 is 23.8 Å². The molecule has 1 heterocycles. The molecule has 1 aromatic heterocycles. The van der Waals surface area contributed by atoms with Crippen LogP contribution in [0.3, 0.4) is 0 Å². The highest BCUT2D eigenvalue weighted by Crippen LogP contribution is 2.42. The van der Waals surface area contributed by atoms with Crippen LogP contribution in [-0.2, 0) is 31.9 Å². The first-order valence-corrected chi connectivity index (χ1v) is 11.7. The molecule has 3 rings (SSSR count). The highest BCUT2D eigenvalue weighted by molar-refractivity contribution is 7.16. The molecule has 0 bridgehead atoms. The molecule has 12 heteroatoms. The fourth-order valence-corrected chi connectivity index (χ4v) is 5.02. The summed E-state index contributed by atoms with van der Waals surface area (Å²) in [6.07, 6.45) is -2.74. The summed E-state index contributed by atoms with van der Waals surface area (Å²) >= 11 is 0.919. The van der Waals surface area contributed by atoms with E-state index in [2.05, 4.69) is 5.32 Å². The number of nitrogens with one attached hydrogen (secondary N) is 2. The van der Waals surface area contributed by atoms with Crippen LogP contribution in [0.5, 0.6) is 5.75 Å². The Labute approximate surface area is 203 Å². The van der Waals surface area contributed by atoms with Gasteiger partial charge in [-0.15, -0.1) is 11.3 Å². The largest absolute Gasteiger partial charge is 0.484 e. The molecular formula is C23H25F3N2O6S. The summed E-state index contributed by atoms with van der Waals surface area (Å²) in [5, 5.41) is 3.60. The minimum Gasteiger partial charge on any atom is -0.484 e. The molecule has 0 saturated heterocycles. The van der Waals surface area contributed by atoms with Gasteiger partial charge in [0.25, 0.3) is 5.91 Å². The molecule has 0 fully saturated rings. The predicted molar refractivity (Wildman–Crippen MR) is 121 cm³/mol. The molecule has 2 aromatic rings. The number of thiophene rings is 1. The number of rotatable bonds is 9. The van der Waals surface area contributed by atoms with Crippen molar-refractivity contribution in [1.82, 2.24) is 5.32 Å². The number of anilines is 1. The first-order valence-electron chi connectivity index (χ1n) is 10.9. The number of fused-ring (bicyclic) bond motifs is 1. The van der Waals surface area contributed by atoms with E-state index in [1.807, 2.05) is 0 Å². The SMILES string of the molecule is CCOC(=O)[C@](NC(=O)COc1ccccc1)(Nc1sc2c(c1C(=O)OC)CCCC2)C(F)(F)F. The molecule has 1 aliphatic carbocycles. The van der Waals surface area contributed by atoms with Crippen molar-refractivity contribution in [3.05, 3.63) is 46.3 Å². The van der Waals surface area contributed by atoms with Crippen molar-refractivity contribution < 1.29 is 41.8 Å². The zero-order valence-electron chi connectivity index (χ0n) is 19.1. The van der Waals surface area contributed by atoms with Gasteiger partial charge in [0.15, 0.2) is 6.61 Å². The number of amides is 1. The monoisotopic (exact) mass is 514 g/mol. The van der Waals surface area contributed by atoms with Crippen molar-refractivity contribution >= 4 is 34.2 Å². The standard InChI is InChI=1S/C23H25F3N2O6S/c1-3-33-21(31)22(23(24,25)26,27-17(29)13-34-14-9-5-4-6-10-14)28-19-18(20(30)32-2)15-11-7-8-12-16(15)35-19/h4-6,9-10,28H,3,7-8,11-13H2,1-2H3,(H,27,29)/t22-/m0/s1. The maximum absolute atomic E-state index is 14.5. The Kier molecular flexibility index (Phi) is 8.26. The summed E-state index contributed by atoms with van der Waals surface area (Å²) in [4.78, 5) is 38.6. The van der Waals surface area contributed by atoms with Crippen LogP contribution in [0.25, 0.3) is 0 Å². The second-order valence-electron chi connectivity index (χ2n) is 7.65. The lowest BCUT2D eigenvalue weighted by atomic mass is 9.95. The molecule has 1 aromatic carbocycles. The molecule has 0 aliphatic heterocycles. The van der Waals surface area contributed by atoms with E-state index in [1.165, 1.54) is 19.1 Å². The summed E-state index contributed by atoms with van der Waals surface area (Å²) in [5.41, 5.74) is -3.18. The number of hydrogen-bond donors (Lipinski definition) is 2. The number of para-hydroxylation sites is 1. The van der Waals surface area contributed by atoms with Gasteiger partial charge in [-0.3, -0.25) is 4.79 Å². The first kappa shape index (κ1) is 26.3. The number of carbonyl (C=O) groups is 3. The third kappa shape index (κ3) is 5.69. The number of aryl methyl sites for hydroxylation is 1. The maximum atomic E-state index is 14.5. The number of esters is 2. The highest BCUT2D eigenvalue weighted by Gasteiger charge is 2.64. The van der Waals surface area contributed by atoms with Crippen molar-refractivity contribution in [2.24, 2.45) is 0 Å². The maximum Gasteiger partial charge on any atom is 0.441 e. The summed E-state index contributed by atoms with van der Waals surface area (Å²) in [6, 6.07) is 7.99. The lowest BCUT2D eigenvalue weighted by Crippen LogP contribution is -2.70. The molecule has 0 saturated carbocycles. The Morgan fingerprint density at radius 3 is 2.40 bits per heavy atom. The normalized spacial score (nSPS) is 14.8. The molecule has 1 aliphatic rings. The van der Waals surface area contributed by atoms with Gasteiger partial charge in [-0.25, -0.2) is 9.59 Å². The molecule has 8 nitrogen and oxygen atoms in total. The number of carbonyl (C=O) groups excluding carboxylic acids is 3. The lowest BCUT2D eigenvalue weighted by Gasteiger charge is -2.35. The number of methoxy groups -OCH3 is 1. The Hall–Kier alpha value is -3.28. The Morgan fingerprint density at radius 2 is 1.77 bits per heavy atom. The third-order valence-corrected chi connectivity index (χ3v) is 6.52. The second-order valence-corrected chi connectivity index (χ2v) is 8.75. The average Bonchev–Trinajstić information content (AvgIpc) is 3.19. The smallest absolute Gasteiger partial charge is 0.441 e. The van der Waals surface area contributed by atoms with Gasteiger partial charge in [0.1, 0.15) is 10.8 Å². The number of alkyl halides is 3. The molecule has 1 atom stereocenters. The molecule has 0 radical (unpaired) electrons. The first-order chi connectivity index (χ1) is 16.6. The summed E-state index contributed by atoms with van der Waals surface area (Å²) < 4.78 is 58.3. The van der Waals surface area contributed by atoms with Gasteiger partial charge in [0, 0.05) is 4.88 Å². The minimum atomic E-state index is -5.35. The third-order valence-electron chi connectivity index (χ3n) is 5.31. The molecule has 1 amide bonds. The van der Waals surface area contributed by atoms with Crippen LogP contribution in [0.15, 0.2) is 30.3 Å². The number of halogens is 3. The Bertz CT molecular complexity index is 1070. The predicted octanol–water partition coefficient (Wildman–Crippen LogP) is 3.84. The average molecular weight is 515 g/mol. The topological polar surface area (TPSA) is 103 Å². The van der Waals surface area contributed by atoms with Crippen molar-refractivity contribution in [3.8, 4) is 5.75 Å². The van der Waals surface area contributed by atoms with Crippen LogP contribution in [0.1, 0.15) is 40.6 Å². The summed E-state index contributed by atoms with van der Waals surface area (Å²) in [5.74, 6) is -3.59. The van der Waals surface area contributed by atoms with E-state index in [1.54, 1.807) is 23.5 Å². The van der Waals surface area contributed by atoms with Crippen LogP contribution in [0.2, 0.25) is 0 Å². The van der Waals surface area contributed by atoms with Crippen LogP contribution in [-0.4, -0.2) is 50.0 Å². The van der Waals surface area contributed by atoms with E-state index < -0.39 is 36.3 Å². The quantitative estimate of drug-likeness (QED) is 0.387. The molecular weight excluding hydrogens is 489 g/mol. The molecule has 0 spiro atoms. The fourth-order valence-electron chi connectivity index (χ4n) is 3.68. The lowest BCUT2D eigenvalue weighted by molar-refractivity contribution is -0.208. The zero-order valence-corrected chi connectivity index (χ0v) is 19.9. The second kappa shape index (κ2) is 11.0. The molecule has 2 N–H and O–H groups in total. The van der Waals surface area contributed by atoms with Crippen LogP contribution >= 0.6 is 11.3 Å². The minimum absolute atomic E-state index is 0.0834. The van der Waals surface area contributed by atoms with Gasteiger partial charge in [-0.2, -0.15) is 13.2 Å². The molecule has 190 valence electrons. The van der Waals surface area contributed by atoms with Crippen molar-refractivity contribution in [2.45, 2.75) is 44.4 Å². The van der Waals surface area contributed by atoms with E-state index in [0.29, 0.717) is 18.4 Å². The van der Waals surface area contributed by atoms with Gasteiger partial charge in [-0.05, 0) is 50.3 Å². The Morgan fingerprint density at radius 1 is 1.09 bits per heavy atom. The molecule has 0 unspecified atom stereocenters. The van der Waals surface area contributed by atoms with Gasteiger partial charge in [-0.1, -0.05) is 18.2 Å². The van der Waals surface area contributed by atoms with Crippen LogP contribution in [0, 0.1) is 0 Å². The zero-order chi connectivity index (χ0) is 25.6. The van der Waals surface area contributed by atoms with E-state index in [9.17, 15) is 27.6 Å². The van der Waals surface area contributed by atoms with Gasteiger partial charge < -0.3 is 24.8 Å². The van der Waals surface area contributed by atoms with Gasteiger partial charge in [0.2, 0.25) is 0 Å². The van der Waals surface area contributed by atoms with Crippen LogP contribution < -0.4 is 15.4 Å². The summed E-state index contributed by atoms with van der Waals surface area (Å²) in [6.45, 7) is 0.163. The highest BCUT2D eigenvalue weighted by atomic mass is 32.1. The van der Waals surface area contributed by atoms with Crippen molar-refractivity contribution in [1.29, 1.82) is 0 Å². The fraction of sp³-hybridized carbons (Fsp3) is 0.435. The number of hydrogen-bond acceptors (Lipinski definition) is 8. The van der Waals surface area contributed by atoms with Crippen molar-refractivity contribution in [2.75, 3.05) is 25.6 Å². The van der Waals surface area contributed by atoms with Crippen LogP contribution in [0.4, 0.5) is 18.2 Å². The Balaban J connectivity index is 2.00.